The van der Waals surface area contributed by atoms with E-state index in [4.69, 9.17) is 0 Å². The highest BCUT2D eigenvalue weighted by Gasteiger charge is 2.32. The molecule has 1 aliphatic rings. The van der Waals surface area contributed by atoms with Crippen LogP contribution >= 0.6 is 0 Å². The molecule has 0 heterocycles. The molecular formula is C50H38. The minimum atomic E-state index is 1.07. The Bertz CT molecular complexity index is 2460. The van der Waals surface area contributed by atoms with Gasteiger partial charge in [0, 0.05) is 0 Å². The molecule has 0 heteroatoms. The Morgan fingerprint density at radius 1 is 0.420 bits per heavy atom. The number of benzene rings is 8. The van der Waals surface area contributed by atoms with Gasteiger partial charge < -0.3 is 0 Å². The average Bonchev–Trinajstić information content (AvgIpc) is 3.51. The maximum atomic E-state index is 4.02. The van der Waals surface area contributed by atoms with Crippen LogP contribution in [0.3, 0.4) is 0 Å². The summed E-state index contributed by atoms with van der Waals surface area (Å²) in [7, 11) is 0. The van der Waals surface area contributed by atoms with E-state index in [1.807, 2.05) is 6.08 Å². The molecular weight excluding hydrogens is 601 g/mol. The van der Waals surface area contributed by atoms with Crippen LogP contribution in [0.5, 0.6) is 0 Å². The van der Waals surface area contributed by atoms with Crippen LogP contribution < -0.4 is 0 Å². The molecule has 0 fully saturated rings. The molecule has 0 radical (unpaired) electrons. The number of hydrogen-bond donors (Lipinski definition) is 0. The zero-order chi connectivity index (χ0) is 33.6. The maximum Gasteiger partial charge on any atom is -0.000740 e. The lowest BCUT2D eigenvalue weighted by Gasteiger charge is -2.20. The zero-order valence-corrected chi connectivity index (χ0v) is 28.4. The van der Waals surface area contributed by atoms with Gasteiger partial charge in [-0.3, -0.25) is 0 Å². The van der Waals surface area contributed by atoms with Gasteiger partial charge in [0.1, 0.15) is 0 Å². The second-order valence-corrected chi connectivity index (χ2v) is 13.4. The first-order valence-electron chi connectivity index (χ1n) is 17.9. The number of unbranched alkanes of at least 4 members (excludes halogenated alkanes) is 1. The summed E-state index contributed by atoms with van der Waals surface area (Å²) in [5.74, 6) is 0. The second-order valence-electron chi connectivity index (χ2n) is 13.4. The fourth-order valence-corrected chi connectivity index (χ4v) is 8.33. The largest absolute Gasteiger partial charge is 0.0985 e. The van der Waals surface area contributed by atoms with E-state index in [2.05, 4.69) is 171 Å². The molecule has 0 atom stereocenters. The predicted octanol–water partition coefficient (Wildman–Crippen LogP) is 14.3. The highest BCUT2D eigenvalue weighted by Crippen LogP contribution is 2.59. The molecule has 0 saturated heterocycles. The highest BCUT2D eigenvalue weighted by molar-refractivity contribution is 6.30. The first kappa shape index (κ1) is 30.1. The Morgan fingerprint density at radius 2 is 0.920 bits per heavy atom. The molecule has 9 rings (SSSR count). The molecule has 0 unspecified atom stereocenters. The summed E-state index contributed by atoms with van der Waals surface area (Å²) >= 11 is 0. The molecule has 8 aromatic carbocycles. The monoisotopic (exact) mass is 638 g/mol. The van der Waals surface area contributed by atoms with Crippen LogP contribution in [0, 0.1) is 0 Å². The highest BCUT2D eigenvalue weighted by atomic mass is 14.3. The lowest BCUT2D eigenvalue weighted by molar-refractivity contribution is 0.796. The van der Waals surface area contributed by atoms with Crippen LogP contribution in [0.15, 0.2) is 164 Å². The van der Waals surface area contributed by atoms with Crippen LogP contribution in [-0.2, 0) is 6.42 Å². The van der Waals surface area contributed by atoms with Gasteiger partial charge in [0.25, 0.3) is 0 Å². The number of fused-ring (bicyclic) bond motifs is 4. The van der Waals surface area contributed by atoms with Crippen LogP contribution in [-0.4, -0.2) is 0 Å². The summed E-state index contributed by atoms with van der Waals surface area (Å²) in [6.45, 7) is 6.30. The molecule has 0 spiro atoms. The van der Waals surface area contributed by atoms with Crippen molar-refractivity contribution in [3.8, 4) is 66.8 Å². The van der Waals surface area contributed by atoms with Crippen LogP contribution in [0.25, 0.3) is 94.4 Å². The molecule has 1 aliphatic carbocycles. The number of hydrogen-bond acceptors (Lipinski definition) is 0. The second kappa shape index (κ2) is 12.5. The van der Waals surface area contributed by atoms with Gasteiger partial charge in [0.15, 0.2) is 0 Å². The van der Waals surface area contributed by atoms with Crippen molar-refractivity contribution in [3.05, 3.63) is 175 Å². The average molecular weight is 639 g/mol. The van der Waals surface area contributed by atoms with Gasteiger partial charge in [0.05, 0.1) is 0 Å². The van der Waals surface area contributed by atoms with E-state index in [-0.39, 0.29) is 0 Å². The van der Waals surface area contributed by atoms with E-state index in [0.717, 1.165) is 12.0 Å². The zero-order valence-electron chi connectivity index (χ0n) is 28.4. The minimum Gasteiger partial charge on any atom is -0.0985 e. The normalized spacial score (nSPS) is 11.6. The Balaban J connectivity index is 1.46. The quantitative estimate of drug-likeness (QED) is 0.155. The predicted molar refractivity (Wildman–Crippen MR) is 216 cm³/mol. The first-order chi connectivity index (χ1) is 24.8. The minimum absolute atomic E-state index is 1.07. The summed E-state index contributed by atoms with van der Waals surface area (Å²) in [4.78, 5) is 0. The van der Waals surface area contributed by atoms with Crippen molar-refractivity contribution in [1.82, 2.24) is 0 Å². The van der Waals surface area contributed by atoms with Crippen molar-refractivity contribution in [2.24, 2.45) is 0 Å². The molecule has 0 aliphatic heterocycles. The summed E-state index contributed by atoms with van der Waals surface area (Å²) in [6, 6.07) is 58.6. The van der Waals surface area contributed by atoms with E-state index in [9.17, 15) is 0 Å². The Labute approximate surface area is 295 Å². The summed E-state index contributed by atoms with van der Waals surface area (Å²) in [5.41, 5.74) is 18.1. The van der Waals surface area contributed by atoms with Crippen molar-refractivity contribution >= 4 is 27.6 Å². The lowest BCUT2D eigenvalue weighted by Crippen LogP contribution is -1.93. The van der Waals surface area contributed by atoms with Gasteiger partial charge in [-0.15, -0.1) is 0 Å². The summed E-state index contributed by atoms with van der Waals surface area (Å²) in [5, 5.41) is 5.24. The molecule has 0 aromatic heterocycles. The van der Waals surface area contributed by atoms with Crippen LogP contribution in [0.4, 0.5) is 0 Å². The molecule has 8 aromatic rings. The van der Waals surface area contributed by atoms with Gasteiger partial charge in [-0.1, -0.05) is 184 Å². The number of aryl methyl sites for hydroxylation is 1. The van der Waals surface area contributed by atoms with E-state index < -0.39 is 0 Å². The third-order valence-electron chi connectivity index (χ3n) is 10.6. The smallest absolute Gasteiger partial charge is 0.000740 e. The van der Waals surface area contributed by atoms with Crippen molar-refractivity contribution in [3.63, 3.8) is 0 Å². The molecule has 0 amide bonds. The molecule has 0 saturated carbocycles. The summed E-state index contributed by atoms with van der Waals surface area (Å²) in [6.07, 6.45) is 5.34. The lowest BCUT2D eigenvalue weighted by atomic mass is 9.82. The molecule has 0 bridgehead atoms. The number of rotatable bonds is 8. The molecule has 50 heavy (non-hydrogen) atoms. The fourth-order valence-electron chi connectivity index (χ4n) is 8.33. The van der Waals surface area contributed by atoms with Gasteiger partial charge in [-0.05, 0) is 112 Å². The third-order valence-corrected chi connectivity index (χ3v) is 10.6. The van der Waals surface area contributed by atoms with Gasteiger partial charge in [-0.2, -0.15) is 0 Å². The van der Waals surface area contributed by atoms with Gasteiger partial charge in [0.2, 0.25) is 0 Å². The van der Waals surface area contributed by atoms with Crippen LogP contribution in [0.2, 0.25) is 0 Å². The van der Waals surface area contributed by atoms with Crippen molar-refractivity contribution < 1.29 is 0 Å². The maximum absolute atomic E-state index is 4.02. The van der Waals surface area contributed by atoms with Crippen LogP contribution in [0.1, 0.15) is 30.9 Å². The molecule has 0 N–H and O–H groups in total. The first-order valence-corrected chi connectivity index (χ1v) is 17.9. The topological polar surface area (TPSA) is 0 Å². The van der Waals surface area contributed by atoms with Crippen molar-refractivity contribution in [1.29, 1.82) is 0 Å². The Hall–Kier alpha value is -5.98. The SMILES string of the molecule is C=Cc1ccc(-c2ccc3c4c(ccc(-c5ccccc5CCCC)c24)-c2c-3c(-c3ccccc3)c3ccccc3c2-c2ccccc2)cc1. The Kier molecular flexibility index (Phi) is 7.51. The van der Waals surface area contributed by atoms with E-state index in [0.29, 0.717) is 0 Å². The van der Waals surface area contributed by atoms with Crippen molar-refractivity contribution in [2.45, 2.75) is 26.2 Å². The molecule has 238 valence electrons. The summed E-state index contributed by atoms with van der Waals surface area (Å²) < 4.78 is 0. The van der Waals surface area contributed by atoms with E-state index in [1.54, 1.807) is 0 Å². The van der Waals surface area contributed by atoms with E-state index in [1.165, 1.54) is 107 Å². The van der Waals surface area contributed by atoms with Gasteiger partial charge >= 0.3 is 0 Å². The standard InChI is InChI=1S/C50H38/c1-3-5-16-34-17-12-13-22-38(34)42-30-32-44-48-43(31-29-39(47(42)48)35-27-25-33(4-2)26-28-35)49-45(36-18-8-6-9-19-36)40-23-14-15-24-41(40)46(50(44)49)37-20-10-7-11-21-37/h4,6-15,17-32H,2-3,5,16H2,1H3. The third kappa shape index (κ3) is 4.75. The van der Waals surface area contributed by atoms with Gasteiger partial charge in [-0.25, -0.2) is 0 Å². The fraction of sp³-hybridized carbons (Fsp3) is 0.0800. The van der Waals surface area contributed by atoms with Crippen molar-refractivity contribution in [2.75, 3.05) is 0 Å². The Morgan fingerprint density at radius 3 is 1.50 bits per heavy atom. The molecule has 0 nitrogen and oxygen atoms in total. The van der Waals surface area contributed by atoms with E-state index >= 15 is 0 Å².